The maximum Gasteiger partial charge on any atom is 0.341 e. The van der Waals surface area contributed by atoms with Gasteiger partial charge in [-0.15, -0.1) is 0 Å². The van der Waals surface area contributed by atoms with Crippen molar-refractivity contribution in [3.05, 3.63) is 23.3 Å². The summed E-state index contributed by atoms with van der Waals surface area (Å²) in [6.45, 7) is 1.89. The molecule has 0 amide bonds. The van der Waals surface area contributed by atoms with Crippen LogP contribution in [-0.2, 0) is 4.74 Å². The van der Waals surface area contributed by atoms with Gasteiger partial charge in [0.25, 0.3) is 0 Å². The van der Waals surface area contributed by atoms with Crippen LogP contribution in [0.2, 0.25) is 0 Å². The average molecular weight is 205 g/mol. The molecule has 4 N–H and O–H groups in total. The zero-order valence-electron chi connectivity index (χ0n) is 8.28. The number of benzene rings is 1. The number of carbonyl (C=O) groups is 1. The highest BCUT2D eigenvalue weighted by molar-refractivity contribution is 6.00. The standard InChI is InChI=1S/C10H11N3O2/c1-2-15-10(14)8-6(5-11)3-4-7(12)9(8)13/h3-4H,2,12-13H2,1H3. The normalized spacial score (nSPS) is 9.33. The van der Waals surface area contributed by atoms with E-state index in [0.717, 1.165) is 0 Å². The second kappa shape index (κ2) is 4.33. The Morgan fingerprint density at radius 2 is 2.20 bits per heavy atom. The van der Waals surface area contributed by atoms with Crippen molar-refractivity contribution in [2.24, 2.45) is 0 Å². The van der Waals surface area contributed by atoms with Crippen molar-refractivity contribution < 1.29 is 9.53 Å². The van der Waals surface area contributed by atoms with Crippen LogP contribution in [0.1, 0.15) is 22.8 Å². The summed E-state index contributed by atoms with van der Waals surface area (Å²) in [5.41, 5.74) is 11.7. The highest BCUT2D eigenvalue weighted by Gasteiger charge is 2.17. The Morgan fingerprint density at radius 1 is 1.53 bits per heavy atom. The van der Waals surface area contributed by atoms with Gasteiger partial charge in [0.05, 0.1) is 23.5 Å². The smallest absolute Gasteiger partial charge is 0.341 e. The number of hydrogen-bond donors (Lipinski definition) is 2. The fourth-order valence-electron chi connectivity index (χ4n) is 1.15. The van der Waals surface area contributed by atoms with Crippen molar-refractivity contribution >= 4 is 17.3 Å². The molecule has 0 heterocycles. The summed E-state index contributed by atoms with van der Waals surface area (Å²) < 4.78 is 4.78. The highest BCUT2D eigenvalue weighted by Crippen LogP contribution is 2.24. The third-order valence-electron chi connectivity index (χ3n) is 1.88. The number of rotatable bonds is 2. The van der Waals surface area contributed by atoms with Gasteiger partial charge in [0.1, 0.15) is 11.6 Å². The van der Waals surface area contributed by atoms with Gasteiger partial charge in [-0.25, -0.2) is 4.79 Å². The number of ether oxygens (including phenoxy) is 1. The molecule has 0 bridgehead atoms. The van der Waals surface area contributed by atoms with Gasteiger partial charge in [-0.2, -0.15) is 5.26 Å². The van der Waals surface area contributed by atoms with Crippen molar-refractivity contribution in [3.8, 4) is 6.07 Å². The van der Waals surface area contributed by atoms with E-state index in [4.69, 9.17) is 21.5 Å². The monoisotopic (exact) mass is 205 g/mol. The molecule has 5 heteroatoms. The van der Waals surface area contributed by atoms with Gasteiger partial charge in [-0.1, -0.05) is 0 Å². The second-order valence-electron chi connectivity index (χ2n) is 2.82. The van der Waals surface area contributed by atoms with Gasteiger partial charge in [-0.3, -0.25) is 0 Å². The Morgan fingerprint density at radius 3 is 2.73 bits per heavy atom. The minimum Gasteiger partial charge on any atom is -0.462 e. The Bertz CT molecular complexity index is 435. The lowest BCUT2D eigenvalue weighted by Crippen LogP contribution is -2.12. The van der Waals surface area contributed by atoms with Gasteiger partial charge in [0, 0.05) is 0 Å². The van der Waals surface area contributed by atoms with Crippen molar-refractivity contribution in [2.45, 2.75) is 6.92 Å². The molecule has 1 aromatic carbocycles. The summed E-state index contributed by atoms with van der Waals surface area (Å²) in [7, 11) is 0. The first-order chi connectivity index (χ1) is 7.11. The van der Waals surface area contributed by atoms with Crippen LogP contribution in [-0.4, -0.2) is 12.6 Å². The van der Waals surface area contributed by atoms with E-state index >= 15 is 0 Å². The summed E-state index contributed by atoms with van der Waals surface area (Å²) in [4.78, 5) is 11.5. The SMILES string of the molecule is CCOC(=O)c1c(C#N)ccc(N)c1N. The predicted molar refractivity (Wildman–Crippen MR) is 55.9 cm³/mol. The molecule has 0 aliphatic carbocycles. The Kier molecular flexibility index (Phi) is 3.13. The van der Waals surface area contributed by atoms with E-state index in [9.17, 15) is 4.79 Å². The molecule has 1 aromatic rings. The molecule has 0 unspecified atom stereocenters. The van der Waals surface area contributed by atoms with Crippen LogP contribution in [0, 0.1) is 11.3 Å². The quantitative estimate of drug-likeness (QED) is 0.551. The first-order valence-electron chi connectivity index (χ1n) is 4.37. The molecule has 15 heavy (non-hydrogen) atoms. The third-order valence-corrected chi connectivity index (χ3v) is 1.88. The van der Waals surface area contributed by atoms with Crippen LogP contribution in [0.4, 0.5) is 11.4 Å². The lowest BCUT2D eigenvalue weighted by molar-refractivity contribution is 0.0527. The molecular weight excluding hydrogens is 194 g/mol. The Hall–Kier alpha value is -2.22. The molecule has 5 nitrogen and oxygen atoms in total. The highest BCUT2D eigenvalue weighted by atomic mass is 16.5. The molecule has 0 aromatic heterocycles. The maximum atomic E-state index is 11.5. The number of nitrogens with zero attached hydrogens (tertiary/aromatic N) is 1. The number of carbonyl (C=O) groups excluding carboxylic acids is 1. The summed E-state index contributed by atoms with van der Waals surface area (Å²) in [6, 6.07) is 4.79. The number of nitrogens with two attached hydrogens (primary N) is 2. The fourth-order valence-corrected chi connectivity index (χ4v) is 1.15. The third kappa shape index (κ3) is 1.99. The molecule has 0 radical (unpaired) electrons. The van der Waals surface area contributed by atoms with Crippen molar-refractivity contribution in [1.82, 2.24) is 0 Å². The molecule has 0 aliphatic heterocycles. The van der Waals surface area contributed by atoms with Gasteiger partial charge in [-0.05, 0) is 19.1 Å². The van der Waals surface area contributed by atoms with E-state index < -0.39 is 5.97 Å². The van der Waals surface area contributed by atoms with Gasteiger partial charge < -0.3 is 16.2 Å². The largest absolute Gasteiger partial charge is 0.462 e. The molecule has 78 valence electrons. The lowest BCUT2D eigenvalue weighted by Gasteiger charge is -2.08. The molecule has 0 spiro atoms. The molecule has 1 rings (SSSR count). The Balaban J connectivity index is 3.31. The first-order valence-corrected chi connectivity index (χ1v) is 4.37. The summed E-state index contributed by atoms with van der Waals surface area (Å²) in [5, 5.41) is 8.80. The zero-order chi connectivity index (χ0) is 11.4. The van der Waals surface area contributed by atoms with Gasteiger partial charge in [0.15, 0.2) is 0 Å². The topological polar surface area (TPSA) is 102 Å². The van der Waals surface area contributed by atoms with Crippen LogP contribution in [0.15, 0.2) is 12.1 Å². The van der Waals surface area contributed by atoms with E-state index in [-0.39, 0.29) is 29.1 Å². The Labute approximate surface area is 87.2 Å². The minimum absolute atomic E-state index is 0.0411. The van der Waals surface area contributed by atoms with E-state index in [0.29, 0.717) is 0 Å². The van der Waals surface area contributed by atoms with Crippen molar-refractivity contribution in [2.75, 3.05) is 18.1 Å². The average Bonchev–Trinajstić information content (AvgIpc) is 2.22. The molecule has 0 aliphatic rings. The number of hydrogen-bond acceptors (Lipinski definition) is 5. The van der Waals surface area contributed by atoms with Crippen LogP contribution in [0.25, 0.3) is 0 Å². The number of esters is 1. The number of anilines is 2. The molecule has 0 saturated carbocycles. The summed E-state index contributed by atoms with van der Waals surface area (Å²) in [6.07, 6.45) is 0. The van der Waals surface area contributed by atoms with Gasteiger partial charge >= 0.3 is 5.97 Å². The van der Waals surface area contributed by atoms with Crippen LogP contribution < -0.4 is 11.5 Å². The van der Waals surface area contributed by atoms with Crippen LogP contribution >= 0.6 is 0 Å². The minimum atomic E-state index is -0.626. The fraction of sp³-hybridized carbons (Fsp3) is 0.200. The van der Waals surface area contributed by atoms with E-state index in [1.165, 1.54) is 12.1 Å². The second-order valence-corrected chi connectivity index (χ2v) is 2.82. The maximum absolute atomic E-state index is 11.5. The number of nitriles is 1. The van der Waals surface area contributed by atoms with E-state index in [1.54, 1.807) is 6.92 Å². The van der Waals surface area contributed by atoms with Crippen LogP contribution in [0.3, 0.4) is 0 Å². The van der Waals surface area contributed by atoms with Crippen molar-refractivity contribution in [3.63, 3.8) is 0 Å². The lowest BCUT2D eigenvalue weighted by atomic mass is 10.1. The van der Waals surface area contributed by atoms with E-state index in [1.807, 2.05) is 6.07 Å². The number of nitrogen functional groups attached to an aromatic ring is 2. The molecule has 0 fully saturated rings. The first kappa shape index (κ1) is 10.9. The van der Waals surface area contributed by atoms with Crippen molar-refractivity contribution in [1.29, 1.82) is 5.26 Å². The summed E-state index contributed by atoms with van der Waals surface area (Å²) in [5.74, 6) is -0.626. The molecule has 0 saturated heterocycles. The van der Waals surface area contributed by atoms with Crippen LogP contribution in [0.5, 0.6) is 0 Å². The van der Waals surface area contributed by atoms with E-state index in [2.05, 4.69) is 0 Å². The zero-order valence-corrected chi connectivity index (χ0v) is 8.28. The molecular formula is C10H11N3O2. The van der Waals surface area contributed by atoms with Gasteiger partial charge in [0.2, 0.25) is 0 Å². The predicted octanol–water partition coefficient (Wildman–Crippen LogP) is 0.899. The summed E-state index contributed by atoms with van der Waals surface area (Å²) >= 11 is 0. The molecule has 0 atom stereocenters.